The Morgan fingerprint density at radius 2 is 2.06 bits per heavy atom. The van der Waals surface area contributed by atoms with Crippen LogP contribution in [-0.2, 0) is 19.9 Å². The molecule has 1 aliphatic heterocycles. The van der Waals surface area contributed by atoms with Crippen LogP contribution in [0.2, 0.25) is 0 Å². The van der Waals surface area contributed by atoms with Gasteiger partial charge in [-0.3, -0.25) is 0 Å². The first-order chi connectivity index (χ1) is 7.35. The minimum absolute atomic E-state index is 0.0416. The first kappa shape index (κ1) is 13.9. The number of sulfone groups is 1. The maximum atomic E-state index is 11.5. The largest absolute Gasteiger partial charge is 0.330 e. The number of nitrogens with two attached hydrogens (primary N) is 1. The fraction of sp³-hybridized carbons (Fsp3) is 1.00. The molecular formula is C8H18N2O4S2. The van der Waals surface area contributed by atoms with Gasteiger partial charge in [0.25, 0.3) is 0 Å². The zero-order valence-electron chi connectivity index (χ0n) is 9.05. The Balaban J connectivity index is 2.54. The molecule has 0 radical (unpaired) electrons. The molecule has 96 valence electrons. The summed E-state index contributed by atoms with van der Waals surface area (Å²) in [5.41, 5.74) is 5.22. The van der Waals surface area contributed by atoms with E-state index in [1.54, 1.807) is 0 Å². The third-order valence-electron chi connectivity index (χ3n) is 2.43. The zero-order chi connectivity index (χ0) is 12.2. The Kier molecular flexibility index (Phi) is 4.72. The van der Waals surface area contributed by atoms with Gasteiger partial charge in [0.15, 0.2) is 9.84 Å². The molecule has 0 spiro atoms. The average Bonchev–Trinajstić information content (AvgIpc) is 2.12. The van der Waals surface area contributed by atoms with Gasteiger partial charge in [-0.25, -0.2) is 21.6 Å². The van der Waals surface area contributed by atoms with E-state index in [0.717, 1.165) is 0 Å². The Bertz CT molecular complexity index is 415. The minimum atomic E-state index is -3.39. The molecule has 16 heavy (non-hydrogen) atoms. The number of hydrogen-bond acceptors (Lipinski definition) is 5. The lowest BCUT2D eigenvalue weighted by atomic mass is 10.2. The Morgan fingerprint density at radius 3 is 2.62 bits per heavy atom. The van der Waals surface area contributed by atoms with Crippen molar-refractivity contribution in [3.05, 3.63) is 0 Å². The highest BCUT2D eigenvalue weighted by atomic mass is 32.2. The van der Waals surface area contributed by atoms with Crippen LogP contribution < -0.4 is 10.5 Å². The summed E-state index contributed by atoms with van der Waals surface area (Å²) in [6, 6.07) is -0.471. The highest BCUT2D eigenvalue weighted by molar-refractivity contribution is 7.91. The standard InChI is InChI=1S/C8H18N2O4S2/c9-4-2-6-16(13,14)10-8-3-1-5-15(11,12)7-8/h8,10H,1-7,9H2. The Morgan fingerprint density at radius 1 is 1.38 bits per heavy atom. The second kappa shape index (κ2) is 5.44. The molecule has 0 aliphatic carbocycles. The maximum absolute atomic E-state index is 11.5. The summed E-state index contributed by atoms with van der Waals surface area (Å²) >= 11 is 0. The van der Waals surface area contributed by atoms with Crippen molar-refractivity contribution in [2.45, 2.75) is 25.3 Å². The smallest absolute Gasteiger partial charge is 0.211 e. The Hall–Kier alpha value is -0.180. The van der Waals surface area contributed by atoms with E-state index in [1.165, 1.54) is 0 Å². The van der Waals surface area contributed by atoms with Gasteiger partial charge in [0.1, 0.15) is 0 Å². The number of rotatable bonds is 5. The van der Waals surface area contributed by atoms with Gasteiger partial charge in [-0.2, -0.15) is 0 Å². The van der Waals surface area contributed by atoms with Gasteiger partial charge in [-0.05, 0) is 25.8 Å². The van der Waals surface area contributed by atoms with Crippen molar-refractivity contribution in [3.63, 3.8) is 0 Å². The van der Waals surface area contributed by atoms with E-state index in [0.29, 0.717) is 25.8 Å². The molecule has 0 bridgehead atoms. The van der Waals surface area contributed by atoms with Crippen molar-refractivity contribution in [1.29, 1.82) is 0 Å². The molecular weight excluding hydrogens is 252 g/mol. The van der Waals surface area contributed by atoms with Crippen LogP contribution in [0.1, 0.15) is 19.3 Å². The summed E-state index contributed by atoms with van der Waals surface area (Å²) in [6.45, 7) is 0.309. The first-order valence-electron chi connectivity index (χ1n) is 5.25. The van der Waals surface area contributed by atoms with Crippen molar-refractivity contribution in [2.24, 2.45) is 5.73 Å². The van der Waals surface area contributed by atoms with Crippen molar-refractivity contribution >= 4 is 19.9 Å². The SMILES string of the molecule is NCCCS(=O)(=O)NC1CCCS(=O)(=O)C1. The highest BCUT2D eigenvalue weighted by Crippen LogP contribution is 2.12. The monoisotopic (exact) mass is 270 g/mol. The molecule has 0 aromatic rings. The molecule has 6 nitrogen and oxygen atoms in total. The van der Waals surface area contributed by atoms with Gasteiger partial charge in [0.2, 0.25) is 10.0 Å². The second-order valence-corrected chi connectivity index (χ2v) is 8.13. The van der Waals surface area contributed by atoms with Gasteiger partial charge >= 0.3 is 0 Å². The summed E-state index contributed by atoms with van der Waals surface area (Å²) in [7, 11) is -6.46. The molecule has 0 aromatic carbocycles. The van der Waals surface area contributed by atoms with Gasteiger partial charge in [-0.15, -0.1) is 0 Å². The Labute approximate surface area is 96.6 Å². The maximum Gasteiger partial charge on any atom is 0.211 e. The molecule has 0 saturated carbocycles. The van der Waals surface area contributed by atoms with E-state index in [4.69, 9.17) is 5.73 Å². The molecule has 1 fully saturated rings. The third kappa shape index (κ3) is 4.77. The van der Waals surface area contributed by atoms with Crippen LogP contribution in [-0.4, -0.2) is 46.7 Å². The molecule has 1 unspecified atom stereocenters. The van der Waals surface area contributed by atoms with Crippen molar-refractivity contribution < 1.29 is 16.8 Å². The minimum Gasteiger partial charge on any atom is -0.330 e. The van der Waals surface area contributed by atoms with E-state index in [-0.39, 0.29) is 17.3 Å². The number of nitrogens with one attached hydrogen (secondary N) is 1. The number of hydrogen-bond donors (Lipinski definition) is 2. The van der Waals surface area contributed by atoms with Crippen LogP contribution in [0.15, 0.2) is 0 Å². The van der Waals surface area contributed by atoms with Gasteiger partial charge < -0.3 is 5.73 Å². The molecule has 1 heterocycles. The summed E-state index contributed by atoms with van der Waals surface area (Å²) in [6.07, 6.45) is 1.49. The average molecular weight is 270 g/mol. The topological polar surface area (TPSA) is 106 Å². The zero-order valence-corrected chi connectivity index (χ0v) is 10.7. The van der Waals surface area contributed by atoms with Crippen LogP contribution in [0.3, 0.4) is 0 Å². The third-order valence-corrected chi connectivity index (χ3v) is 5.77. The molecule has 1 saturated heterocycles. The van der Waals surface area contributed by atoms with Crippen LogP contribution in [0.25, 0.3) is 0 Å². The van der Waals surface area contributed by atoms with Crippen molar-refractivity contribution in [1.82, 2.24) is 4.72 Å². The molecule has 1 atom stereocenters. The lowest BCUT2D eigenvalue weighted by Gasteiger charge is -2.22. The van der Waals surface area contributed by atoms with Crippen LogP contribution in [0, 0.1) is 0 Å². The predicted octanol–water partition coefficient (Wildman–Crippen LogP) is -1.17. The molecule has 0 amide bonds. The van der Waals surface area contributed by atoms with Crippen LogP contribution in [0.4, 0.5) is 0 Å². The number of sulfonamides is 1. The van der Waals surface area contributed by atoms with Gasteiger partial charge in [0.05, 0.1) is 17.3 Å². The quantitative estimate of drug-likeness (QED) is 0.655. The second-order valence-electron chi connectivity index (χ2n) is 4.03. The van der Waals surface area contributed by atoms with E-state index in [1.807, 2.05) is 0 Å². The molecule has 1 aliphatic rings. The predicted molar refractivity (Wildman–Crippen MR) is 62.3 cm³/mol. The van der Waals surface area contributed by atoms with Gasteiger partial charge in [-0.1, -0.05) is 0 Å². The molecule has 3 N–H and O–H groups in total. The lowest BCUT2D eigenvalue weighted by Crippen LogP contribution is -2.44. The molecule has 8 heteroatoms. The van der Waals surface area contributed by atoms with E-state index >= 15 is 0 Å². The van der Waals surface area contributed by atoms with E-state index < -0.39 is 25.9 Å². The summed E-state index contributed by atoms with van der Waals surface area (Å²) < 4.78 is 48.0. The van der Waals surface area contributed by atoms with E-state index in [9.17, 15) is 16.8 Å². The normalized spacial score (nSPS) is 25.4. The fourth-order valence-electron chi connectivity index (χ4n) is 1.70. The van der Waals surface area contributed by atoms with E-state index in [2.05, 4.69) is 4.72 Å². The first-order valence-corrected chi connectivity index (χ1v) is 8.72. The molecule has 0 aromatic heterocycles. The fourth-order valence-corrected chi connectivity index (χ4v) is 4.82. The summed E-state index contributed by atoms with van der Waals surface area (Å²) in [5.74, 6) is 0.0307. The van der Waals surface area contributed by atoms with Crippen LogP contribution in [0.5, 0.6) is 0 Å². The summed E-state index contributed by atoms with van der Waals surface area (Å²) in [5, 5.41) is 0. The summed E-state index contributed by atoms with van der Waals surface area (Å²) in [4.78, 5) is 0. The van der Waals surface area contributed by atoms with Crippen LogP contribution >= 0.6 is 0 Å². The van der Waals surface area contributed by atoms with Crippen molar-refractivity contribution in [2.75, 3.05) is 23.8 Å². The lowest BCUT2D eigenvalue weighted by molar-refractivity contribution is 0.516. The molecule has 1 rings (SSSR count). The van der Waals surface area contributed by atoms with Crippen molar-refractivity contribution in [3.8, 4) is 0 Å². The highest BCUT2D eigenvalue weighted by Gasteiger charge is 2.27. The van der Waals surface area contributed by atoms with Gasteiger partial charge in [0, 0.05) is 6.04 Å².